The average Bonchev–Trinajstić information content (AvgIpc) is 3.13. The predicted molar refractivity (Wildman–Crippen MR) is 84.6 cm³/mol. The number of para-hydroxylation sites is 1. The fourth-order valence-electron chi connectivity index (χ4n) is 3.05. The lowest BCUT2D eigenvalue weighted by molar-refractivity contribution is 0.501. The number of rotatable bonds is 5. The summed E-state index contributed by atoms with van der Waals surface area (Å²) in [4.78, 5) is 0. The van der Waals surface area contributed by atoms with Gasteiger partial charge in [-0.05, 0) is 19.2 Å². The molecule has 0 spiro atoms. The van der Waals surface area contributed by atoms with E-state index in [2.05, 4.69) is 37.4 Å². The van der Waals surface area contributed by atoms with Crippen LogP contribution in [0.25, 0.3) is 11.0 Å². The van der Waals surface area contributed by atoms with Gasteiger partial charge >= 0.3 is 0 Å². The number of furan rings is 2. The fourth-order valence-corrected chi connectivity index (χ4v) is 3.05. The average molecular weight is 283 g/mol. The third-order valence-corrected chi connectivity index (χ3v) is 4.02. The van der Waals surface area contributed by atoms with Crippen molar-refractivity contribution in [3.8, 4) is 0 Å². The van der Waals surface area contributed by atoms with Crippen LogP contribution in [-0.4, -0.2) is 7.05 Å². The number of fused-ring (bicyclic) bond motifs is 1. The SMILES string of the molecule is CCc1occc1C(NC)c1c(CC)oc2ccccc12. The van der Waals surface area contributed by atoms with Crippen LogP contribution in [-0.2, 0) is 12.8 Å². The van der Waals surface area contributed by atoms with Crippen molar-refractivity contribution in [3.63, 3.8) is 0 Å². The Hall–Kier alpha value is -2.00. The molecule has 0 saturated carbocycles. The molecule has 0 radical (unpaired) electrons. The maximum Gasteiger partial charge on any atom is 0.134 e. The highest BCUT2D eigenvalue weighted by Crippen LogP contribution is 2.36. The molecule has 0 bridgehead atoms. The van der Waals surface area contributed by atoms with Gasteiger partial charge in [0.2, 0.25) is 0 Å². The van der Waals surface area contributed by atoms with Gasteiger partial charge in [-0.15, -0.1) is 0 Å². The molecule has 2 aromatic heterocycles. The van der Waals surface area contributed by atoms with Crippen molar-refractivity contribution >= 4 is 11.0 Å². The molecule has 3 nitrogen and oxygen atoms in total. The quantitative estimate of drug-likeness (QED) is 0.751. The molecule has 0 amide bonds. The molecule has 0 fully saturated rings. The van der Waals surface area contributed by atoms with E-state index in [1.54, 1.807) is 6.26 Å². The highest BCUT2D eigenvalue weighted by molar-refractivity contribution is 5.83. The zero-order valence-corrected chi connectivity index (χ0v) is 12.8. The van der Waals surface area contributed by atoms with E-state index >= 15 is 0 Å². The summed E-state index contributed by atoms with van der Waals surface area (Å²) in [6.45, 7) is 4.24. The normalized spacial score (nSPS) is 12.9. The van der Waals surface area contributed by atoms with Crippen molar-refractivity contribution in [2.24, 2.45) is 0 Å². The van der Waals surface area contributed by atoms with Gasteiger partial charge in [0, 0.05) is 29.4 Å². The summed E-state index contributed by atoms with van der Waals surface area (Å²) in [6.07, 6.45) is 3.53. The van der Waals surface area contributed by atoms with Crippen molar-refractivity contribution in [3.05, 3.63) is 59.2 Å². The van der Waals surface area contributed by atoms with Gasteiger partial charge in [-0.3, -0.25) is 0 Å². The molecule has 110 valence electrons. The van der Waals surface area contributed by atoms with Crippen molar-refractivity contribution in [1.29, 1.82) is 0 Å². The van der Waals surface area contributed by atoms with Gasteiger partial charge in [0.15, 0.2) is 0 Å². The van der Waals surface area contributed by atoms with Gasteiger partial charge in [0.05, 0.1) is 12.3 Å². The molecule has 0 saturated heterocycles. The van der Waals surface area contributed by atoms with E-state index in [9.17, 15) is 0 Å². The zero-order chi connectivity index (χ0) is 14.8. The Labute approximate surface area is 124 Å². The number of hydrogen-bond donors (Lipinski definition) is 1. The van der Waals surface area contributed by atoms with E-state index in [-0.39, 0.29) is 6.04 Å². The van der Waals surface area contributed by atoms with Gasteiger partial charge < -0.3 is 14.2 Å². The number of hydrogen-bond acceptors (Lipinski definition) is 3. The topological polar surface area (TPSA) is 38.3 Å². The molecule has 0 aliphatic carbocycles. The molecule has 1 N–H and O–H groups in total. The minimum atomic E-state index is 0.0947. The number of aryl methyl sites for hydroxylation is 2. The molecule has 3 heteroatoms. The summed E-state index contributed by atoms with van der Waals surface area (Å²) in [6, 6.07) is 10.4. The molecule has 1 atom stereocenters. The molecule has 2 heterocycles. The Morgan fingerprint density at radius 1 is 1.05 bits per heavy atom. The predicted octanol–water partition coefficient (Wildman–Crippen LogP) is 4.46. The monoisotopic (exact) mass is 283 g/mol. The Morgan fingerprint density at radius 3 is 2.52 bits per heavy atom. The molecule has 0 aliphatic heterocycles. The van der Waals surface area contributed by atoms with Crippen LogP contribution in [0.4, 0.5) is 0 Å². The van der Waals surface area contributed by atoms with Crippen LogP contribution in [0.2, 0.25) is 0 Å². The maximum atomic E-state index is 6.03. The van der Waals surface area contributed by atoms with Crippen LogP contribution in [0.15, 0.2) is 45.4 Å². The smallest absolute Gasteiger partial charge is 0.134 e. The first kappa shape index (κ1) is 14.0. The minimum Gasteiger partial charge on any atom is -0.469 e. The van der Waals surface area contributed by atoms with Crippen LogP contribution in [0, 0.1) is 0 Å². The summed E-state index contributed by atoms with van der Waals surface area (Å²) in [7, 11) is 1.98. The highest BCUT2D eigenvalue weighted by atomic mass is 16.3. The van der Waals surface area contributed by atoms with Crippen LogP contribution in [0.1, 0.15) is 42.5 Å². The van der Waals surface area contributed by atoms with Crippen LogP contribution in [0.5, 0.6) is 0 Å². The zero-order valence-electron chi connectivity index (χ0n) is 12.8. The number of nitrogens with one attached hydrogen (secondary N) is 1. The summed E-state index contributed by atoms with van der Waals surface area (Å²) in [5.74, 6) is 2.07. The second kappa shape index (κ2) is 5.78. The largest absolute Gasteiger partial charge is 0.469 e. The Morgan fingerprint density at radius 2 is 1.81 bits per heavy atom. The second-order valence-corrected chi connectivity index (χ2v) is 5.16. The summed E-state index contributed by atoms with van der Waals surface area (Å²) in [5.41, 5.74) is 3.37. The van der Waals surface area contributed by atoms with Gasteiger partial charge in [0.1, 0.15) is 17.1 Å². The van der Waals surface area contributed by atoms with Gasteiger partial charge in [-0.2, -0.15) is 0 Å². The highest BCUT2D eigenvalue weighted by Gasteiger charge is 2.24. The lowest BCUT2D eigenvalue weighted by Gasteiger charge is -2.17. The minimum absolute atomic E-state index is 0.0947. The lowest BCUT2D eigenvalue weighted by Crippen LogP contribution is -2.19. The van der Waals surface area contributed by atoms with Crippen molar-refractivity contribution in [1.82, 2.24) is 5.32 Å². The molecular weight excluding hydrogens is 262 g/mol. The van der Waals surface area contributed by atoms with Gasteiger partial charge in [-0.25, -0.2) is 0 Å². The third kappa shape index (κ3) is 2.28. The van der Waals surface area contributed by atoms with Crippen LogP contribution < -0.4 is 5.32 Å². The Bertz CT molecular complexity index is 739. The molecule has 0 aliphatic rings. The van der Waals surface area contributed by atoms with Crippen LogP contribution >= 0.6 is 0 Å². The van der Waals surface area contributed by atoms with Crippen LogP contribution in [0.3, 0.4) is 0 Å². The maximum absolute atomic E-state index is 6.03. The second-order valence-electron chi connectivity index (χ2n) is 5.16. The molecule has 3 aromatic rings. The summed E-state index contributed by atoms with van der Waals surface area (Å²) < 4.78 is 11.6. The van der Waals surface area contributed by atoms with Crippen molar-refractivity contribution in [2.75, 3.05) is 7.05 Å². The molecule has 1 unspecified atom stereocenters. The molecule has 1 aromatic carbocycles. The summed E-state index contributed by atoms with van der Waals surface area (Å²) in [5, 5.41) is 4.61. The van der Waals surface area contributed by atoms with E-state index in [0.29, 0.717) is 0 Å². The van der Waals surface area contributed by atoms with E-state index in [4.69, 9.17) is 8.83 Å². The molecule has 21 heavy (non-hydrogen) atoms. The summed E-state index contributed by atoms with van der Waals surface area (Å²) >= 11 is 0. The van der Waals surface area contributed by atoms with Crippen molar-refractivity contribution < 1.29 is 8.83 Å². The van der Waals surface area contributed by atoms with E-state index in [1.807, 2.05) is 19.2 Å². The molecular formula is C18H21NO2. The van der Waals surface area contributed by atoms with Gasteiger partial charge in [0.25, 0.3) is 0 Å². The van der Waals surface area contributed by atoms with E-state index in [0.717, 1.165) is 29.9 Å². The Balaban J connectivity index is 2.21. The first-order valence-electron chi connectivity index (χ1n) is 7.53. The van der Waals surface area contributed by atoms with E-state index < -0.39 is 0 Å². The molecule has 3 rings (SSSR count). The first-order chi connectivity index (χ1) is 10.3. The Kier molecular flexibility index (Phi) is 3.84. The van der Waals surface area contributed by atoms with E-state index in [1.165, 1.54) is 16.5 Å². The third-order valence-electron chi connectivity index (χ3n) is 4.02. The lowest BCUT2D eigenvalue weighted by atomic mass is 9.95. The first-order valence-corrected chi connectivity index (χ1v) is 7.53. The standard InChI is InChI=1S/C18H21NO2/c1-4-14-13(10-11-20-14)18(19-3)17-12-8-6-7-9-16(12)21-15(17)5-2/h6-11,18-19H,4-5H2,1-3H3. The van der Waals surface area contributed by atoms with Gasteiger partial charge in [-0.1, -0.05) is 32.0 Å². The number of benzene rings is 1. The van der Waals surface area contributed by atoms with Crippen molar-refractivity contribution in [2.45, 2.75) is 32.7 Å². The fraction of sp³-hybridized carbons (Fsp3) is 0.333.